The maximum absolute atomic E-state index is 2.56. The number of benzene rings is 1. The van der Waals surface area contributed by atoms with Crippen molar-refractivity contribution in [2.45, 2.75) is 39.7 Å². The molecule has 0 fully saturated rings. The van der Waals surface area contributed by atoms with Crippen LogP contribution in [-0.4, -0.2) is 4.57 Å². The molecule has 0 saturated carbocycles. The van der Waals surface area contributed by atoms with E-state index in [1.54, 1.807) is 11.3 Å². The van der Waals surface area contributed by atoms with Crippen LogP contribution in [0.2, 0.25) is 0 Å². The van der Waals surface area contributed by atoms with Crippen molar-refractivity contribution < 1.29 is 0 Å². The van der Waals surface area contributed by atoms with Crippen molar-refractivity contribution in [1.82, 2.24) is 4.57 Å². The summed E-state index contributed by atoms with van der Waals surface area (Å²) in [5.74, 6) is 0.723. The highest BCUT2D eigenvalue weighted by Gasteiger charge is 2.20. The van der Waals surface area contributed by atoms with Crippen LogP contribution in [0.5, 0.6) is 0 Å². The quantitative estimate of drug-likeness (QED) is 0.715. The third-order valence-corrected chi connectivity index (χ3v) is 3.58. The van der Waals surface area contributed by atoms with E-state index in [0.717, 1.165) is 12.5 Å². The number of rotatable bonds is 2. The van der Waals surface area contributed by atoms with Crippen molar-refractivity contribution in [2.24, 2.45) is 5.92 Å². The Balaban J connectivity index is 2.25. The van der Waals surface area contributed by atoms with Crippen molar-refractivity contribution in [3.05, 3.63) is 35.5 Å². The Kier molecular flexibility index (Phi) is 2.27. The van der Waals surface area contributed by atoms with Gasteiger partial charge in [-0.25, -0.2) is 0 Å². The summed E-state index contributed by atoms with van der Waals surface area (Å²) in [7, 11) is 0. The zero-order valence-electron chi connectivity index (χ0n) is 10.2. The molecule has 1 aliphatic carbocycles. The normalized spacial score (nSPS) is 14.9. The summed E-state index contributed by atoms with van der Waals surface area (Å²) in [5.41, 5.74) is 4.67. The second-order valence-corrected chi connectivity index (χ2v) is 5.30. The first kappa shape index (κ1) is 9.95. The number of fused-ring (bicyclic) bond motifs is 3. The lowest BCUT2D eigenvalue weighted by molar-refractivity contribution is 0.523. The summed E-state index contributed by atoms with van der Waals surface area (Å²) in [5, 5.41) is 1.50. The molecule has 0 atom stereocenters. The van der Waals surface area contributed by atoms with Crippen molar-refractivity contribution in [3.63, 3.8) is 0 Å². The lowest BCUT2D eigenvalue weighted by Crippen LogP contribution is -2.07. The molecule has 0 amide bonds. The lowest BCUT2D eigenvalue weighted by atomic mass is 10.1. The molecule has 0 bridgehead atoms. The summed E-state index contributed by atoms with van der Waals surface area (Å²) >= 11 is 0. The van der Waals surface area contributed by atoms with Crippen LogP contribution in [0, 0.1) is 5.92 Å². The number of para-hydroxylation sites is 1. The standard InChI is InChI=1S/C15H19N/c1-11(2)10-16-14-8-4-3-6-12(14)13-7-5-9-15(13)16/h3-4,6,8,11H,5,7,9-10H2,1-2H3. The zero-order valence-corrected chi connectivity index (χ0v) is 10.2. The fourth-order valence-corrected chi connectivity index (χ4v) is 3.00. The largest absolute Gasteiger partial charge is 0.344 e. The van der Waals surface area contributed by atoms with E-state index in [1.165, 1.54) is 30.2 Å². The Morgan fingerprint density at radius 1 is 1.19 bits per heavy atom. The first-order valence-electron chi connectivity index (χ1n) is 6.36. The molecule has 1 heteroatoms. The predicted octanol–water partition coefficient (Wildman–Crippen LogP) is 3.79. The van der Waals surface area contributed by atoms with Gasteiger partial charge in [0.2, 0.25) is 0 Å². The third-order valence-electron chi connectivity index (χ3n) is 3.58. The first-order valence-corrected chi connectivity index (χ1v) is 6.36. The highest BCUT2D eigenvalue weighted by molar-refractivity contribution is 5.86. The van der Waals surface area contributed by atoms with Crippen LogP contribution in [0.1, 0.15) is 31.5 Å². The molecule has 1 aliphatic rings. The van der Waals surface area contributed by atoms with E-state index in [9.17, 15) is 0 Å². The van der Waals surface area contributed by atoms with E-state index in [2.05, 4.69) is 42.7 Å². The topological polar surface area (TPSA) is 4.93 Å². The van der Waals surface area contributed by atoms with Gasteiger partial charge in [-0.2, -0.15) is 0 Å². The van der Waals surface area contributed by atoms with Crippen LogP contribution in [-0.2, 0) is 19.4 Å². The average Bonchev–Trinajstić information content (AvgIpc) is 2.82. The van der Waals surface area contributed by atoms with Gasteiger partial charge >= 0.3 is 0 Å². The second kappa shape index (κ2) is 3.65. The Hall–Kier alpha value is -1.24. The lowest BCUT2D eigenvalue weighted by Gasteiger charge is -2.11. The minimum Gasteiger partial charge on any atom is -0.344 e. The number of hydrogen-bond donors (Lipinski definition) is 0. The van der Waals surface area contributed by atoms with Crippen LogP contribution in [0.4, 0.5) is 0 Å². The van der Waals surface area contributed by atoms with Gasteiger partial charge in [0.25, 0.3) is 0 Å². The van der Waals surface area contributed by atoms with Gasteiger partial charge in [-0.05, 0) is 36.8 Å². The average molecular weight is 213 g/mol. The van der Waals surface area contributed by atoms with Gasteiger partial charge in [-0.3, -0.25) is 0 Å². The van der Waals surface area contributed by atoms with E-state index in [1.807, 2.05) is 0 Å². The van der Waals surface area contributed by atoms with Crippen LogP contribution in [0.15, 0.2) is 24.3 Å². The Morgan fingerprint density at radius 2 is 2.00 bits per heavy atom. The molecule has 0 saturated heterocycles. The number of hydrogen-bond acceptors (Lipinski definition) is 0. The smallest absolute Gasteiger partial charge is 0.0485 e. The third kappa shape index (κ3) is 1.38. The van der Waals surface area contributed by atoms with Crippen molar-refractivity contribution >= 4 is 10.9 Å². The second-order valence-electron chi connectivity index (χ2n) is 5.30. The molecular formula is C15H19N. The summed E-state index contributed by atoms with van der Waals surface area (Å²) in [6, 6.07) is 8.89. The molecule has 0 unspecified atom stereocenters. The minimum atomic E-state index is 0.723. The van der Waals surface area contributed by atoms with Crippen molar-refractivity contribution in [3.8, 4) is 0 Å². The molecule has 3 rings (SSSR count). The van der Waals surface area contributed by atoms with E-state index >= 15 is 0 Å². The van der Waals surface area contributed by atoms with Gasteiger partial charge in [0.1, 0.15) is 0 Å². The zero-order chi connectivity index (χ0) is 11.1. The molecule has 1 aromatic carbocycles. The van der Waals surface area contributed by atoms with Crippen LogP contribution in [0.3, 0.4) is 0 Å². The number of nitrogens with zero attached hydrogens (tertiary/aromatic N) is 1. The molecular weight excluding hydrogens is 194 g/mol. The summed E-state index contributed by atoms with van der Waals surface area (Å²) < 4.78 is 2.56. The molecule has 1 aromatic heterocycles. The molecule has 0 radical (unpaired) electrons. The van der Waals surface area contributed by atoms with Crippen LogP contribution < -0.4 is 0 Å². The molecule has 84 valence electrons. The molecule has 1 nitrogen and oxygen atoms in total. The SMILES string of the molecule is CC(C)Cn1c2c(c3ccccc31)CCC2. The Bertz CT molecular complexity index is 519. The number of aryl methyl sites for hydroxylation is 1. The molecule has 16 heavy (non-hydrogen) atoms. The summed E-state index contributed by atoms with van der Waals surface area (Å²) in [6.45, 7) is 5.77. The van der Waals surface area contributed by atoms with E-state index < -0.39 is 0 Å². The fraction of sp³-hybridized carbons (Fsp3) is 0.467. The molecule has 0 aliphatic heterocycles. The maximum Gasteiger partial charge on any atom is 0.0485 e. The minimum absolute atomic E-state index is 0.723. The van der Waals surface area contributed by atoms with E-state index in [-0.39, 0.29) is 0 Å². The van der Waals surface area contributed by atoms with Crippen LogP contribution >= 0.6 is 0 Å². The van der Waals surface area contributed by atoms with Gasteiger partial charge in [-0.15, -0.1) is 0 Å². The van der Waals surface area contributed by atoms with Crippen molar-refractivity contribution in [2.75, 3.05) is 0 Å². The fourth-order valence-electron chi connectivity index (χ4n) is 3.00. The molecule has 1 heterocycles. The summed E-state index contributed by atoms with van der Waals surface area (Å²) in [4.78, 5) is 0. The van der Waals surface area contributed by atoms with Gasteiger partial charge in [0, 0.05) is 23.1 Å². The summed E-state index contributed by atoms with van der Waals surface area (Å²) in [6.07, 6.45) is 3.89. The first-order chi connectivity index (χ1) is 7.77. The number of aromatic nitrogens is 1. The monoisotopic (exact) mass is 213 g/mol. The van der Waals surface area contributed by atoms with Gasteiger partial charge in [-0.1, -0.05) is 32.0 Å². The van der Waals surface area contributed by atoms with E-state index in [0.29, 0.717) is 0 Å². The molecule has 0 spiro atoms. The Labute approximate surface area is 97.1 Å². The molecule has 2 aromatic rings. The Morgan fingerprint density at radius 3 is 2.81 bits per heavy atom. The maximum atomic E-state index is 2.56. The van der Waals surface area contributed by atoms with E-state index in [4.69, 9.17) is 0 Å². The highest BCUT2D eigenvalue weighted by atomic mass is 15.0. The molecule has 0 N–H and O–H groups in total. The van der Waals surface area contributed by atoms with Gasteiger partial charge in [0.15, 0.2) is 0 Å². The van der Waals surface area contributed by atoms with Crippen LogP contribution in [0.25, 0.3) is 10.9 Å². The highest BCUT2D eigenvalue weighted by Crippen LogP contribution is 2.33. The van der Waals surface area contributed by atoms with Gasteiger partial charge in [0.05, 0.1) is 0 Å². The predicted molar refractivity (Wildman–Crippen MR) is 68.8 cm³/mol. The van der Waals surface area contributed by atoms with Gasteiger partial charge < -0.3 is 4.57 Å². The van der Waals surface area contributed by atoms with Crippen molar-refractivity contribution in [1.29, 1.82) is 0 Å².